The molecule has 8 heteroatoms. The summed E-state index contributed by atoms with van der Waals surface area (Å²) in [7, 11) is -4.02. The zero-order valence-electron chi connectivity index (χ0n) is 20.4. The molecule has 0 bridgehead atoms. The van der Waals surface area contributed by atoms with E-state index in [-0.39, 0.29) is 29.8 Å². The first-order valence-electron chi connectivity index (χ1n) is 11.7. The second-order valence-corrected chi connectivity index (χ2v) is 12.1. The SMILES string of the molecule is Cc1cc(C)c(S(=O)(=O)N2CC(C)(C)NC(=O)C2CC(=O)NC2CCc3ccccc32)c(C)c1. The summed E-state index contributed by atoms with van der Waals surface area (Å²) >= 11 is 0. The Balaban J connectivity index is 1.63. The van der Waals surface area contributed by atoms with E-state index in [1.807, 2.05) is 37.3 Å². The first kappa shape index (κ1) is 24.4. The highest BCUT2D eigenvalue weighted by atomic mass is 32.2. The minimum atomic E-state index is -4.02. The van der Waals surface area contributed by atoms with Crippen LogP contribution in [0.2, 0.25) is 0 Å². The fourth-order valence-corrected chi connectivity index (χ4v) is 7.52. The van der Waals surface area contributed by atoms with Crippen molar-refractivity contribution in [2.24, 2.45) is 0 Å². The van der Waals surface area contributed by atoms with Gasteiger partial charge in [0, 0.05) is 12.1 Å². The van der Waals surface area contributed by atoms with E-state index in [0.717, 1.165) is 24.0 Å². The summed E-state index contributed by atoms with van der Waals surface area (Å²) in [4.78, 5) is 26.4. The van der Waals surface area contributed by atoms with Gasteiger partial charge in [-0.05, 0) is 69.7 Å². The molecular weight excluding hydrogens is 450 g/mol. The molecule has 2 N–H and O–H groups in total. The summed E-state index contributed by atoms with van der Waals surface area (Å²) < 4.78 is 29.0. The Labute approximate surface area is 202 Å². The fourth-order valence-electron chi connectivity index (χ4n) is 5.36. The molecule has 2 aliphatic rings. The molecule has 1 saturated heterocycles. The second-order valence-electron chi connectivity index (χ2n) is 10.2. The maximum atomic E-state index is 13.9. The summed E-state index contributed by atoms with van der Waals surface area (Å²) in [5.41, 5.74) is 3.77. The average Bonchev–Trinajstić information content (AvgIpc) is 3.11. The number of fused-ring (bicyclic) bond motifs is 1. The highest BCUT2D eigenvalue weighted by Crippen LogP contribution is 2.33. The largest absolute Gasteiger partial charge is 0.349 e. The number of amides is 2. The summed E-state index contributed by atoms with van der Waals surface area (Å²) in [6, 6.07) is 10.4. The first-order valence-corrected chi connectivity index (χ1v) is 13.1. The van der Waals surface area contributed by atoms with E-state index in [4.69, 9.17) is 0 Å². The van der Waals surface area contributed by atoms with Gasteiger partial charge in [-0.3, -0.25) is 9.59 Å². The molecule has 2 atom stereocenters. The third-order valence-corrected chi connectivity index (χ3v) is 8.84. The smallest absolute Gasteiger partial charge is 0.244 e. The number of benzene rings is 2. The zero-order chi connectivity index (χ0) is 24.8. The van der Waals surface area contributed by atoms with Crippen molar-refractivity contribution in [1.82, 2.24) is 14.9 Å². The van der Waals surface area contributed by atoms with Gasteiger partial charge in [0.25, 0.3) is 0 Å². The molecule has 1 aliphatic heterocycles. The minimum Gasteiger partial charge on any atom is -0.349 e. The Hall–Kier alpha value is -2.71. The number of hydrogen-bond acceptors (Lipinski definition) is 4. The molecule has 7 nitrogen and oxygen atoms in total. The molecule has 1 fully saturated rings. The van der Waals surface area contributed by atoms with E-state index >= 15 is 0 Å². The molecule has 182 valence electrons. The Morgan fingerprint density at radius 2 is 1.79 bits per heavy atom. The lowest BCUT2D eigenvalue weighted by molar-refractivity contribution is -0.134. The predicted octanol–water partition coefficient (Wildman–Crippen LogP) is 3.07. The number of sulfonamides is 1. The molecule has 4 rings (SSSR count). The molecule has 1 heterocycles. The lowest BCUT2D eigenvalue weighted by Crippen LogP contribution is -2.66. The van der Waals surface area contributed by atoms with Crippen LogP contribution < -0.4 is 10.6 Å². The highest BCUT2D eigenvalue weighted by Gasteiger charge is 2.46. The molecule has 2 amide bonds. The fraction of sp³-hybridized carbons (Fsp3) is 0.462. The lowest BCUT2D eigenvalue weighted by atomic mass is 9.98. The van der Waals surface area contributed by atoms with E-state index in [2.05, 4.69) is 16.7 Å². The minimum absolute atomic E-state index is 0.0814. The van der Waals surface area contributed by atoms with Crippen LogP contribution in [-0.2, 0) is 26.0 Å². The van der Waals surface area contributed by atoms with Crippen molar-refractivity contribution in [3.05, 3.63) is 64.2 Å². The van der Waals surface area contributed by atoms with E-state index in [1.54, 1.807) is 27.7 Å². The third kappa shape index (κ3) is 4.61. The van der Waals surface area contributed by atoms with Crippen molar-refractivity contribution in [2.75, 3.05) is 6.54 Å². The van der Waals surface area contributed by atoms with Gasteiger partial charge in [0.1, 0.15) is 6.04 Å². The number of nitrogens with zero attached hydrogens (tertiary/aromatic N) is 1. The molecule has 0 aromatic heterocycles. The van der Waals surface area contributed by atoms with Gasteiger partial charge >= 0.3 is 0 Å². The summed E-state index contributed by atoms with van der Waals surface area (Å²) in [5.74, 6) is -0.789. The molecule has 1 aliphatic carbocycles. The van der Waals surface area contributed by atoms with Gasteiger partial charge in [-0.1, -0.05) is 42.0 Å². The molecule has 0 spiro atoms. The van der Waals surface area contributed by atoms with E-state index in [0.29, 0.717) is 11.1 Å². The topological polar surface area (TPSA) is 95.6 Å². The van der Waals surface area contributed by atoms with Gasteiger partial charge in [-0.2, -0.15) is 4.31 Å². The Bertz CT molecular complexity index is 1230. The van der Waals surface area contributed by atoms with Crippen LogP contribution in [0.15, 0.2) is 41.3 Å². The number of nitrogens with one attached hydrogen (secondary N) is 2. The summed E-state index contributed by atoms with van der Waals surface area (Å²) in [6.45, 7) is 9.10. The maximum absolute atomic E-state index is 13.9. The van der Waals surface area contributed by atoms with Gasteiger partial charge < -0.3 is 10.6 Å². The van der Waals surface area contributed by atoms with Crippen LogP contribution in [0.3, 0.4) is 0 Å². The van der Waals surface area contributed by atoms with Gasteiger partial charge in [0.15, 0.2) is 0 Å². The summed E-state index contributed by atoms with van der Waals surface area (Å²) in [6.07, 6.45) is 1.44. The van der Waals surface area contributed by atoms with Gasteiger partial charge in [-0.15, -0.1) is 0 Å². The third-order valence-electron chi connectivity index (χ3n) is 6.68. The number of rotatable bonds is 5. The van der Waals surface area contributed by atoms with Crippen LogP contribution in [0.4, 0.5) is 0 Å². The number of aryl methyl sites for hydroxylation is 4. The Morgan fingerprint density at radius 1 is 1.15 bits per heavy atom. The van der Waals surface area contributed by atoms with E-state index in [1.165, 1.54) is 9.87 Å². The molecular formula is C26H33N3O4S. The standard InChI is InChI=1S/C26H33N3O4S/c1-16-12-17(2)24(18(3)13-16)34(32,33)29-15-26(4,5)28-25(31)22(29)14-23(30)27-21-11-10-19-8-6-7-9-20(19)21/h6-9,12-13,21-22H,10-11,14-15H2,1-5H3,(H,27,30)(H,28,31). The van der Waals surface area contributed by atoms with E-state index in [9.17, 15) is 18.0 Å². The Morgan fingerprint density at radius 3 is 2.47 bits per heavy atom. The Kier molecular flexibility index (Phi) is 6.33. The van der Waals surface area contributed by atoms with Crippen LogP contribution in [0.5, 0.6) is 0 Å². The molecule has 34 heavy (non-hydrogen) atoms. The van der Waals surface area contributed by atoms with Gasteiger partial charge in [0.05, 0.1) is 17.4 Å². The predicted molar refractivity (Wildman–Crippen MR) is 131 cm³/mol. The van der Waals surface area contributed by atoms with Crippen molar-refractivity contribution in [3.63, 3.8) is 0 Å². The molecule has 2 unspecified atom stereocenters. The van der Waals surface area contributed by atoms with Crippen molar-refractivity contribution in [2.45, 2.75) is 76.4 Å². The van der Waals surface area contributed by atoms with Crippen LogP contribution in [0, 0.1) is 20.8 Å². The number of hydrogen-bond donors (Lipinski definition) is 2. The van der Waals surface area contributed by atoms with E-state index < -0.39 is 27.5 Å². The molecule has 0 saturated carbocycles. The quantitative estimate of drug-likeness (QED) is 0.683. The zero-order valence-corrected chi connectivity index (χ0v) is 21.3. The van der Waals surface area contributed by atoms with Crippen LogP contribution in [-0.4, -0.2) is 42.7 Å². The lowest BCUT2D eigenvalue weighted by Gasteiger charge is -2.42. The first-order chi connectivity index (χ1) is 15.9. The van der Waals surface area contributed by atoms with Gasteiger partial charge in [0.2, 0.25) is 21.8 Å². The van der Waals surface area contributed by atoms with Crippen molar-refractivity contribution >= 4 is 21.8 Å². The van der Waals surface area contributed by atoms with Crippen molar-refractivity contribution in [1.29, 1.82) is 0 Å². The second kappa shape index (κ2) is 8.82. The maximum Gasteiger partial charge on any atom is 0.244 e. The molecule has 2 aromatic rings. The number of piperazine rings is 1. The number of carbonyl (C=O) groups is 2. The highest BCUT2D eigenvalue weighted by molar-refractivity contribution is 7.89. The summed E-state index contributed by atoms with van der Waals surface area (Å²) in [5, 5.41) is 5.91. The normalized spacial score (nSPS) is 22.2. The molecule has 0 radical (unpaired) electrons. The monoisotopic (exact) mass is 483 g/mol. The average molecular weight is 484 g/mol. The van der Waals surface area contributed by atoms with Crippen LogP contribution in [0.1, 0.15) is 60.5 Å². The van der Waals surface area contributed by atoms with Crippen molar-refractivity contribution < 1.29 is 18.0 Å². The van der Waals surface area contributed by atoms with Crippen molar-refractivity contribution in [3.8, 4) is 0 Å². The van der Waals surface area contributed by atoms with Gasteiger partial charge in [-0.25, -0.2) is 8.42 Å². The molecule has 2 aromatic carbocycles. The van der Waals surface area contributed by atoms with Crippen LogP contribution >= 0.6 is 0 Å². The number of carbonyl (C=O) groups excluding carboxylic acids is 2. The van der Waals surface area contributed by atoms with Crippen LogP contribution in [0.25, 0.3) is 0 Å².